The van der Waals surface area contributed by atoms with Gasteiger partial charge in [-0.3, -0.25) is 14.4 Å². The van der Waals surface area contributed by atoms with Crippen molar-refractivity contribution in [2.45, 2.75) is 26.0 Å². The first kappa shape index (κ1) is 18.1. The van der Waals surface area contributed by atoms with Crippen LogP contribution in [0.3, 0.4) is 0 Å². The number of fused-ring (bicyclic) bond motifs is 1. The largest absolute Gasteiger partial charge is 0.273 e. The van der Waals surface area contributed by atoms with Crippen LogP contribution in [0.25, 0.3) is 0 Å². The van der Waals surface area contributed by atoms with Crippen molar-refractivity contribution in [3.05, 3.63) is 82.0 Å². The van der Waals surface area contributed by atoms with E-state index in [4.69, 9.17) is 4.84 Å². The summed E-state index contributed by atoms with van der Waals surface area (Å²) in [6, 6.07) is 19.0. The van der Waals surface area contributed by atoms with Crippen LogP contribution in [0.2, 0.25) is 0 Å². The molecule has 2 aliphatic rings. The monoisotopic (exact) mass is 404 g/mol. The van der Waals surface area contributed by atoms with Gasteiger partial charge in [-0.2, -0.15) is 0 Å². The van der Waals surface area contributed by atoms with Crippen LogP contribution >= 0.6 is 11.3 Å². The van der Waals surface area contributed by atoms with Crippen molar-refractivity contribution >= 4 is 34.5 Å². The van der Waals surface area contributed by atoms with Crippen molar-refractivity contribution in [1.29, 1.82) is 0 Å². The molecule has 146 valence electrons. The zero-order valence-electron chi connectivity index (χ0n) is 16.1. The zero-order valence-corrected chi connectivity index (χ0v) is 16.9. The Bertz CT molecular complexity index is 1080. The fourth-order valence-corrected chi connectivity index (χ4v) is 5.11. The van der Waals surface area contributed by atoms with Gasteiger partial charge in [0.2, 0.25) is 5.91 Å². The van der Waals surface area contributed by atoms with E-state index in [0.717, 1.165) is 21.7 Å². The van der Waals surface area contributed by atoms with Gasteiger partial charge in [0.25, 0.3) is 5.91 Å². The molecule has 2 amide bonds. The average Bonchev–Trinajstić information content (AvgIpc) is 3.41. The Morgan fingerprint density at radius 2 is 1.72 bits per heavy atom. The van der Waals surface area contributed by atoms with E-state index in [9.17, 15) is 9.59 Å². The molecular formula is C23H20N2O3S. The highest BCUT2D eigenvalue weighted by molar-refractivity contribution is 7.10. The summed E-state index contributed by atoms with van der Waals surface area (Å²) in [6.45, 7) is 3.91. The molecule has 6 heteroatoms. The van der Waals surface area contributed by atoms with Gasteiger partial charge in [-0.25, -0.2) is 9.96 Å². The Balaban J connectivity index is 1.58. The maximum atomic E-state index is 13.5. The molecule has 2 aliphatic heterocycles. The van der Waals surface area contributed by atoms with E-state index in [-0.39, 0.29) is 17.9 Å². The number of hydrogen-bond acceptors (Lipinski definition) is 5. The van der Waals surface area contributed by atoms with E-state index < -0.39 is 12.0 Å². The van der Waals surface area contributed by atoms with Crippen LogP contribution in [-0.2, 0) is 14.4 Å². The normalized spacial score (nSPS) is 23.7. The lowest BCUT2D eigenvalue weighted by molar-refractivity contribution is -0.126. The van der Waals surface area contributed by atoms with Gasteiger partial charge in [0.05, 0.1) is 11.4 Å². The fourth-order valence-electron chi connectivity index (χ4n) is 4.26. The number of anilines is 2. The van der Waals surface area contributed by atoms with Gasteiger partial charge in [0.1, 0.15) is 12.0 Å². The molecule has 3 atom stereocenters. The minimum absolute atomic E-state index is 0.205. The molecule has 5 rings (SSSR count). The van der Waals surface area contributed by atoms with Gasteiger partial charge in [0, 0.05) is 4.88 Å². The minimum atomic E-state index is -0.824. The minimum Gasteiger partial charge on any atom is -0.273 e. The van der Waals surface area contributed by atoms with Crippen molar-refractivity contribution < 1.29 is 14.4 Å². The molecule has 2 saturated heterocycles. The molecule has 2 aromatic carbocycles. The smallest absolute Gasteiger partial charge is 0.266 e. The number of carbonyl (C=O) groups excluding carboxylic acids is 2. The van der Waals surface area contributed by atoms with E-state index in [1.807, 2.05) is 79.9 Å². The Morgan fingerprint density at radius 3 is 2.41 bits per heavy atom. The number of hydrogen-bond donors (Lipinski definition) is 0. The molecule has 2 fully saturated rings. The number of rotatable bonds is 3. The molecule has 0 bridgehead atoms. The summed E-state index contributed by atoms with van der Waals surface area (Å²) in [6.07, 6.45) is -0.824. The Labute approximate surface area is 173 Å². The first-order chi connectivity index (χ1) is 14.1. The second-order valence-corrected chi connectivity index (χ2v) is 8.45. The summed E-state index contributed by atoms with van der Waals surface area (Å²) in [4.78, 5) is 35.3. The van der Waals surface area contributed by atoms with Gasteiger partial charge in [0.15, 0.2) is 6.10 Å². The summed E-state index contributed by atoms with van der Waals surface area (Å²) < 4.78 is 0. The van der Waals surface area contributed by atoms with Crippen LogP contribution in [-0.4, -0.2) is 17.9 Å². The number of aryl methyl sites for hydroxylation is 2. The van der Waals surface area contributed by atoms with E-state index >= 15 is 0 Å². The molecule has 0 saturated carbocycles. The van der Waals surface area contributed by atoms with Crippen LogP contribution in [0.1, 0.15) is 22.0 Å². The second kappa shape index (κ2) is 6.83. The van der Waals surface area contributed by atoms with Gasteiger partial charge >= 0.3 is 0 Å². The number of thiophene rings is 1. The van der Waals surface area contributed by atoms with Crippen LogP contribution in [0, 0.1) is 19.8 Å². The summed E-state index contributed by atoms with van der Waals surface area (Å²) in [5, 5.41) is 3.71. The number of imide groups is 1. The summed E-state index contributed by atoms with van der Waals surface area (Å²) in [7, 11) is 0. The second-order valence-electron chi connectivity index (χ2n) is 7.48. The maximum absolute atomic E-state index is 13.5. The lowest BCUT2D eigenvalue weighted by Gasteiger charge is -2.28. The Kier molecular flexibility index (Phi) is 4.26. The van der Waals surface area contributed by atoms with E-state index in [2.05, 4.69) is 0 Å². The van der Waals surface area contributed by atoms with Crippen molar-refractivity contribution in [2.24, 2.45) is 5.92 Å². The zero-order chi connectivity index (χ0) is 20.1. The van der Waals surface area contributed by atoms with Gasteiger partial charge in [-0.05, 0) is 49.1 Å². The number of benzene rings is 2. The molecular weight excluding hydrogens is 384 g/mol. The predicted octanol–water partition coefficient (Wildman–Crippen LogP) is 4.42. The molecule has 5 nitrogen and oxygen atoms in total. The van der Waals surface area contributed by atoms with Crippen molar-refractivity contribution in [3.8, 4) is 0 Å². The molecule has 0 aliphatic carbocycles. The number of hydroxylamine groups is 1. The SMILES string of the molecule is Cc1ccc(N2C(=O)[C@@H]3[C@H](ON(c4ccccc4)[C@H]3c3cccs3)C2=O)c(C)c1. The first-order valence-electron chi connectivity index (χ1n) is 9.56. The summed E-state index contributed by atoms with van der Waals surface area (Å²) in [5.74, 6) is -1.09. The summed E-state index contributed by atoms with van der Waals surface area (Å²) >= 11 is 1.57. The highest BCUT2D eigenvalue weighted by atomic mass is 32.1. The van der Waals surface area contributed by atoms with Crippen LogP contribution in [0.4, 0.5) is 11.4 Å². The third kappa shape index (κ3) is 2.79. The highest BCUT2D eigenvalue weighted by Gasteiger charge is 2.60. The maximum Gasteiger partial charge on any atom is 0.266 e. The van der Waals surface area contributed by atoms with Crippen molar-refractivity contribution in [3.63, 3.8) is 0 Å². The van der Waals surface area contributed by atoms with E-state index in [0.29, 0.717) is 5.69 Å². The number of para-hydroxylation sites is 1. The molecule has 0 N–H and O–H groups in total. The molecule has 29 heavy (non-hydrogen) atoms. The van der Waals surface area contributed by atoms with Gasteiger partial charge in [-0.1, -0.05) is 42.0 Å². The molecule has 0 unspecified atom stereocenters. The fraction of sp³-hybridized carbons (Fsp3) is 0.217. The third-order valence-electron chi connectivity index (χ3n) is 5.55. The van der Waals surface area contributed by atoms with E-state index in [1.54, 1.807) is 16.4 Å². The molecule has 0 spiro atoms. The van der Waals surface area contributed by atoms with Crippen LogP contribution < -0.4 is 9.96 Å². The van der Waals surface area contributed by atoms with Crippen LogP contribution in [0.15, 0.2) is 66.0 Å². The van der Waals surface area contributed by atoms with Crippen molar-refractivity contribution in [1.82, 2.24) is 0 Å². The lowest BCUT2D eigenvalue weighted by atomic mass is 9.95. The van der Waals surface area contributed by atoms with Crippen molar-refractivity contribution in [2.75, 3.05) is 9.96 Å². The topological polar surface area (TPSA) is 49.9 Å². The Morgan fingerprint density at radius 1 is 0.931 bits per heavy atom. The van der Waals surface area contributed by atoms with Gasteiger partial charge < -0.3 is 0 Å². The average molecular weight is 404 g/mol. The van der Waals surface area contributed by atoms with E-state index in [1.165, 1.54) is 4.90 Å². The quantitative estimate of drug-likeness (QED) is 0.607. The summed E-state index contributed by atoms with van der Waals surface area (Å²) in [5.41, 5.74) is 3.46. The first-order valence-corrected chi connectivity index (χ1v) is 10.4. The number of nitrogens with zero attached hydrogens (tertiary/aromatic N) is 2. The highest BCUT2D eigenvalue weighted by Crippen LogP contribution is 2.48. The lowest BCUT2D eigenvalue weighted by Crippen LogP contribution is -2.37. The third-order valence-corrected chi connectivity index (χ3v) is 6.50. The Hall–Kier alpha value is -2.96. The predicted molar refractivity (Wildman–Crippen MR) is 113 cm³/mol. The molecule has 3 heterocycles. The van der Waals surface area contributed by atoms with Gasteiger partial charge in [-0.15, -0.1) is 11.3 Å². The number of carbonyl (C=O) groups is 2. The molecule has 0 radical (unpaired) electrons. The standard InChI is InChI=1S/C23H20N2O3S/c1-14-10-11-17(15(2)13-14)24-22(26)19-20(18-9-6-12-29-18)25(28-21(19)23(24)27)16-7-4-3-5-8-16/h3-13,19-21H,1-2H3/t19-,20-,21-/m0/s1. The molecule has 1 aromatic heterocycles. The number of amides is 2. The van der Waals surface area contributed by atoms with Crippen LogP contribution in [0.5, 0.6) is 0 Å². The molecule has 3 aromatic rings.